The first-order valence-corrected chi connectivity index (χ1v) is 27.7. The first-order chi connectivity index (χ1) is 34.0. The Bertz CT molecular complexity index is 3010. The van der Waals surface area contributed by atoms with Crippen LogP contribution in [0.5, 0.6) is 11.5 Å². The predicted molar refractivity (Wildman–Crippen MR) is 287 cm³/mol. The monoisotopic (exact) mass is 1070 g/mol. The number of hydrogen-bond donors (Lipinski definition) is 0. The molecule has 394 valence electrons. The van der Waals surface area contributed by atoms with E-state index < -0.39 is 34.5 Å². The Labute approximate surface area is 438 Å². The second-order valence-corrected chi connectivity index (χ2v) is 27.0. The minimum absolute atomic E-state index is 0.0342. The van der Waals surface area contributed by atoms with Gasteiger partial charge in [0.25, 0.3) is 0 Å². The molecule has 0 unspecified atom stereocenters. The number of alkyl halides is 6. The van der Waals surface area contributed by atoms with E-state index in [1.54, 1.807) is 49.8 Å². The van der Waals surface area contributed by atoms with Crippen molar-refractivity contribution < 1.29 is 49.7 Å². The average molecular weight is 1070 g/mol. The predicted octanol–water partition coefficient (Wildman–Crippen LogP) is 18.3. The molecule has 9 rings (SSSR count). The molecule has 0 N–H and O–H groups in total. The van der Waals surface area contributed by atoms with E-state index in [9.17, 15) is 0 Å². The molecular formula is C59H68F6O5S3. The number of benzene rings is 2. The van der Waals surface area contributed by atoms with Crippen LogP contribution in [-0.4, -0.2) is 58.4 Å². The number of halogens is 6. The molecular weight excluding hydrogens is 999 g/mol. The Kier molecular flexibility index (Phi) is 13.7. The quantitative estimate of drug-likeness (QED) is 0.0758. The molecule has 0 bridgehead atoms. The molecule has 0 spiro atoms. The highest BCUT2D eigenvalue weighted by atomic mass is 32.1. The second kappa shape index (κ2) is 18.6. The maximum Gasteiger partial charge on any atom is 0.380 e. The molecule has 3 aliphatic rings. The lowest BCUT2D eigenvalue weighted by Gasteiger charge is -2.39. The largest absolute Gasteiger partial charge is 0.490 e. The fourth-order valence-corrected chi connectivity index (χ4v) is 15.0. The number of furan rings is 1. The summed E-state index contributed by atoms with van der Waals surface area (Å²) in [7, 11) is 3.12. The summed E-state index contributed by atoms with van der Waals surface area (Å²) in [6.07, 6.45) is 4.56. The number of hydrogen-bond acceptors (Lipinski definition) is 8. The zero-order valence-corrected chi connectivity index (χ0v) is 46.8. The number of methoxy groups -OCH3 is 2. The molecule has 0 saturated carbocycles. The van der Waals surface area contributed by atoms with Crippen LogP contribution in [0.4, 0.5) is 26.3 Å². The Morgan fingerprint density at radius 3 is 1.56 bits per heavy atom. The van der Waals surface area contributed by atoms with Gasteiger partial charge >= 0.3 is 17.8 Å². The van der Waals surface area contributed by atoms with Crippen LogP contribution in [0.25, 0.3) is 52.9 Å². The Morgan fingerprint density at radius 1 is 0.562 bits per heavy atom. The van der Waals surface area contributed by atoms with E-state index in [0.29, 0.717) is 35.8 Å². The van der Waals surface area contributed by atoms with Crippen LogP contribution in [-0.2, 0) is 36.5 Å². The molecule has 2 aromatic carbocycles. The van der Waals surface area contributed by atoms with Crippen molar-refractivity contribution in [3.05, 3.63) is 92.2 Å². The van der Waals surface area contributed by atoms with Crippen molar-refractivity contribution in [2.45, 2.75) is 160 Å². The summed E-state index contributed by atoms with van der Waals surface area (Å²) in [6, 6.07) is 15.4. The molecule has 0 fully saturated rings. The van der Waals surface area contributed by atoms with Crippen LogP contribution in [0.3, 0.4) is 0 Å². The highest BCUT2D eigenvalue weighted by molar-refractivity contribution is 7.27. The summed E-state index contributed by atoms with van der Waals surface area (Å²) in [5, 5.41) is -0.107. The van der Waals surface area contributed by atoms with E-state index in [1.807, 2.05) is 26.8 Å². The van der Waals surface area contributed by atoms with Gasteiger partial charge in [-0.2, -0.15) is 26.3 Å². The number of rotatable bonds is 15. The molecule has 4 aromatic heterocycles. The van der Waals surface area contributed by atoms with Gasteiger partial charge in [0.2, 0.25) is 0 Å². The fourth-order valence-electron chi connectivity index (χ4n) is 10.7. The normalized spacial score (nSPS) is 20.1. The molecule has 4 heterocycles. The molecule has 0 amide bonds. The van der Waals surface area contributed by atoms with Crippen LogP contribution in [0.15, 0.2) is 59.0 Å². The third-order valence-corrected chi connectivity index (χ3v) is 20.1. The van der Waals surface area contributed by atoms with Crippen LogP contribution in [0.2, 0.25) is 0 Å². The number of fused-ring (bicyclic) bond motifs is 3. The number of ether oxygens (including phenoxy) is 4. The van der Waals surface area contributed by atoms with Gasteiger partial charge in [0.1, 0.15) is 11.3 Å². The summed E-state index contributed by atoms with van der Waals surface area (Å²) >= 11 is 4.21. The molecule has 0 aliphatic heterocycles. The van der Waals surface area contributed by atoms with Gasteiger partial charge in [0.05, 0.1) is 18.1 Å². The summed E-state index contributed by atoms with van der Waals surface area (Å²) in [5.41, 5.74) is -1.77. The van der Waals surface area contributed by atoms with Gasteiger partial charge in [-0.15, -0.1) is 34.0 Å². The van der Waals surface area contributed by atoms with Crippen LogP contribution in [0, 0.1) is 0 Å². The molecule has 0 atom stereocenters. The van der Waals surface area contributed by atoms with Gasteiger partial charge in [0.15, 0.2) is 11.5 Å². The van der Waals surface area contributed by atoms with Gasteiger partial charge in [-0.05, 0) is 93.7 Å². The first kappa shape index (κ1) is 53.7. The maximum absolute atomic E-state index is 17.7. The number of thiophene rings is 3. The Morgan fingerprint density at radius 2 is 1.04 bits per heavy atom. The highest BCUT2D eigenvalue weighted by Crippen LogP contribution is 2.68. The molecule has 0 radical (unpaired) electrons. The van der Waals surface area contributed by atoms with Crippen molar-refractivity contribution in [3.8, 4) is 42.3 Å². The minimum Gasteiger partial charge on any atom is -0.490 e. The molecule has 3 aliphatic carbocycles. The van der Waals surface area contributed by atoms with Gasteiger partial charge in [-0.25, -0.2) is 0 Å². The smallest absolute Gasteiger partial charge is 0.380 e. The topological polar surface area (TPSA) is 50.1 Å². The van der Waals surface area contributed by atoms with Gasteiger partial charge in [-0.3, -0.25) is 0 Å². The summed E-state index contributed by atoms with van der Waals surface area (Å²) in [6.45, 7) is 24.5. The third kappa shape index (κ3) is 9.12. The van der Waals surface area contributed by atoms with Crippen LogP contribution < -0.4 is 9.47 Å². The van der Waals surface area contributed by atoms with Crippen LogP contribution >= 0.6 is 34.0 Å². The van der Waals surface area contributed by atoms with E-state index in [1.165, 1.54) is 45.7 Å². The van der Waals surface area contributed by atoms with Gasteiger partial charge < -0.3 is 23.4 Å². The summed E-state index contributed by atoms with van der Waals surface area (Å²) in [5.74, 6) is -16.6. The van der Waals surface area contributed by atoms with E-state index in [2.05, 4.69) is 61.5 Å². The van der Waals surface area contributed by atoms with Crippen molar-refractivity contribution in [1.29, 1.82) is 0 Å². The van der Waals surface area contributed by atoms with Gasteiger partial charge in [-0.1, -0.05) is 100 Å². The van der Waals surface area contributed by atoms with Crippen molar-refractivity contribution in [2.75, 3.05) is 40.6 Å². The molecule has 6 aromatic rings. The van der Waals surface area contributed by atoms with E-state index in [0.717, 1.165) is 52.1 Å². The Hall–Kier alpha value is -4.08. The molecule has 0 saturated heterocycles. The van der Waals surface area contributed by atoms with Crippen molar-refractivity contribution in [3.63, 3.8) is 0 Å². The maximum atomic E-state index is 17.7. The SMILES string of the molecule is COCCCOc1cc2oc(-c3ccc(C(C)(C)C)cc3)c(C3=C(c4cc(-c5cc6c(s5)C(C)(C)CCC6(C)C)sc4-c4cc5c(s4)C(C)(C)CCC5(C)C)C(F)(F)C(F)(F)C3(F)F)c2cc1OCCCOC. The summed E-state index contributed by atoms with van der Waals surface area (Å²) in [4.78, 5) is 4.36. The van der Waals surface area contributed by atoms with Crippen molar-refractivity contribution >= 4 is 56.1 Å². The zero-order chi connectivity index (χ0) is 53.1. The number of allylic oxidation sites excluding steroid dienone is 2. The fraction of sp³-hybridized carbons (Fsp3) is 0.525. The molecule has 14 heteroatoms. The molecule has 5 nitrogen and oxygen atoms in total. The third-order valence-electron chi connectivity index (χ3n) is 15.6. The van der Waals surface area contributed by atoms with E-state index >= 15 is 26.3 Å². The average Bonchev–Trinajstić information content (AvgIpc) is 4.14. The lowest BCUT2D eigenvalue weighted by atomic mass is 9.67. The minimum atomic E-state index is -5.86. The first-order valence-electron chi connectivity index (χ1n) is 25.3. The van der Waals surface area contributed by atoms with Crippen LogP contribution in [0.1, 0.15) is 152 Å². The van der Waals surface area contributed by atoms with E-state index in [4.69, 9.17) is 23.4 Å². The second-order valence-electron chi connectivity index (χ2n) is 23.9. The highest BCUT2D eigenvalue weighted by Gasteiger charge is 2.81. The lowest BCUT2D eigenvalue weighted by molar-refractivity contribution is -0.254. The summed E-state index contributed by atoms with van der Waals surface area (Å²) < 4.78 is 134. The lowest BCUT2D eigenvalue weighted by Crippen LogP contribution is -2.48. The molecule has 73 heavy (non-hydrogen) atoms. The van der Waals surface area contributed by atoms with Crippen molar-refractivity contribution in [1.82, 2.24) is 0 Å². The standard InChI is InChI=1S/C59H68F6O5S3/c1-52(2,3)34-18-16-33(17-19-34)48-45(35-28-40(68-26-14-24-66-12)41(32-39(35)70-48)69-27-15-25-67-13)47-46(57(60,61)59(64,65)58(47,62)63)36-29-42(43-30-37-50(72-43)55(8,9)22-20-53(37,4)5)71-49(36)44-31-38-51(73-44)56(10,11)23-21-54(38,6)7/h16-19,28-32H,14-15,20-27H2,1-13H3. The zero-order valence-electron chi connectivity index (χ0n) is 44.3. The van der Waals surface area contributed by atoms with Crippen molar-refractivity contribution in [2.24, 2.45) is 0 Å². The van der Waals surface area contributed by atoms with Gasteiger partial charge in [0, 0.05) is 104 Å². The van der Waals surface area contributed by atoms with E-state index in [-0.39, 0.29) is 84.5 Å². The Balaban J connectivity index is 1.39.